The maximum absolute atomic E-state index is 8.07. The zero-order valence-corrected chi connectivity index (χ0v) is 13.0. The number of rotatable bonds is 3. The lowest BCUT2D eigenvalue weighted by Crippen LogP contribution is -2.08. The number of hydrogen-bond donors (Lipinski definition) is 2. The van der Waals surface area contributed by atoms with E-state index in [0.29, 0.717) is 0 Å². The number of aromatic nitrogens is 2. The molecule has 118 valence electrons. The Hall–Kier alpha value is -3.47. The van der Waals surface area contributed by atoms with Gasteiger partial charge >= 0.3 is 0 Å². The van der Waals surface area contributed by atoms with Crippen LogP contribution in [-0.4, -0.2) is 22.0 Å². The molecule has 1 heterocycles. The Morgan fingerprint density at radius 1 is 1.00 bits per heavy atom. The Balaban J connectivity index is 1.77. The highest BCUT2D eigenvalue weighted by Gasteiger charge is 2.04. The van der Waals surface area contributed by atoms with E-state index in [9.17, 15) is 0 Å². The average Bonchev–Trinajstić information content (AvgIpc) is 3.14. The standard InChI is InChI=1S/C19H17N5/c20-11-17(15-7-3-1-4-8-15)12-22-19(21)24-14-18(13-23-24)16-9-5-2-6-10-16/h1-14,21H,20H2. The van der Waals surface area contributed by atoms with E-state index in [2.05, 4.69) is 10.1 Å². The summed E-state index contributed by atoms with van der Waals surface area (Å²) in [5.41, 5.74) is 9.34. The van der Waals surface area contributed by atoms with E-state index in [1.54, 1.807) is 18.6 Å². The first-order valence-corrected chi connectivity index (χ1v) is 7.48. The van der Waals surface area contributed by atoms with Crippen LogP contribution in [-0.2, 0) is 0 Å². The van der Waals surface area contributed by atoms with E-state index < -0.39 is 0 Å². The number of allylic oxidation sites excluding steroid dienone is 1. The second-order valence-corrected chi connectivity index (χ2v) is 5.11. The van der Waals surface area contributed by atoms with E-state index in [0.717, 1.165) is 22.3 Å². The van der Waals surface area contributed by atoms with Crippen LogP contribution in [0.2, 0.25) is 0 Å². The summed E-state index contributed by atoms with van der Waals surface area (Å²) in [6, 6.07) is 19.6. The number of nitrogens with zero attached hydrogens (tertiary/aromatic N) is 3. The molecule has 0 aliphatic rings. The number of nitrogens with two attached hydrogens (primary N) is 1. The molecule has 0 radical (unpaired) electrons. The molecule has 0 aliphatic heterocycles. The molecular formula is C19H17N5. The van der Waals surface area contributed by atoms with Crippen LogP contribution in [0.25, 0.3) is 16.7 Å². The van der Waals surface area contributed by atoms with E-state index in [1.165, 1.54) is 10.9 Å². The van der Waals surface area contributed by atoms with Crippen molar-refractivity contribution in [1.82, 2.24) is 9.78 Å². The monoisotopic (exact) mass is 315 g/mol. The topological polar surface area (TPSA) is 80.0 Å². The fraction of sp³-hybridized carbons (Fsp3) is 0. The highest BCUT2D eigenvalue weighted by atomic mass is 15.3. The quantitative estimate of drug-likeness (QED) is 0.574. The highest BCUT2D eigenvalue weighted by molar-refractivity contribution is 6.12. The van der Waals surface area contributed by atoms with Gasteiger partial charge in [0.1, 0.15) is 0 Å². The molecule has 3 rings (SSSR count). The zero-order chi connectivity index (χ0) is 16.8. The largest absolute Gasteiger partial charge is 0.404 e. The molecular weight excluding hydrogens is 298 g/mol. The molecule has 0 aliphatic carbocycles. The van der Waals surface area contributed by atoms with Crippen molar-refractivity contribution in [2.75, 3.05) is 0 Å². The maximum Gasteiger partial charge on any atom is 0.242 e. The molecule has 0 amide bonds. The average molecular weight is 315 g/mol. The van der Waals surface area contributed by atoms with Crippen LogP contribution in [0, 0.1) is 5.41 Å². The lowest BCUT2D eigenvalue weighted by atomic mass is 10.1. The molecule has 0 saturated heterocycles. The summed E-state index contributed by atoms with van der Waals surface area (Å²) in [5.74, 6) is 0.0208. The molecule has 5 nitrogen and oxygen atoms in total. The van der Waals surface area contributed by atoms with Crippen LogP contribution < -0.4 is 5.73 Å². The van der Waals surface area contributed by atoms with Gasteiger partial charge in [-0.05, 0) is 11.1 Å². The van der Waals surface area contributed by atoms with Crippen molar-refractivity contribution in [1.29, 1.82) is 5.41 Å². The Morgan fingerprint density at radius 3 is 2.33 bits per heavy atom. The van der Waals surface area contributed by atoms with Crippen LogP contribution in [0.3, 0.4) is 0 Å². The Labute approximate surface area is 140 Å². The molecule has 0 fully saturated rings. The minimum Gasteiger partial charge on any atom is -0.404 e. The predicted octanol–water partition coefficient (Wildman–Crippen LogP) is 3.40. The summed E-state index contributed by atoms with van der Waals surface area (Å²) < 4.78 is 1.43. The van der Waals surface area contributed by atoms with Gasteiger partial charge in [0, 0.05) is 29.7 Å². The summed E-state index contributed by atoms with van der Waals surface area (Å²) in [7, 11) is 0. The smallest absolute Gasteiger partial charge is 0.242 e. The maximum atomic E-state index is 8.07. The Kier molecular flexibility index (Phi) is 4.62. The van der Waals surface area contributed by atoms with Gasteiger partial charge < -0.3 is 5.73 Å². The first-order chi connectivity index (χ1) is 11.8. The van der Waals surface area contributed by atoms with Gasteiger partial charge in [-0.25, -0.2) is 9.67 Å². The van der Waals surface area contributed by atoms with Gasteiger partial charge in [0.2, 0.25) is 5.96 Å². The second-order valence-electron chi connectivity index (χ2n) is 5.11. The van der Waals surface area contributed by atoms with Gasteiger partial charge in [-0.3, -0.25) is 5.41 Å². The van der Waals surface area contributed by atoms with E-state index in [4.69, 9.17) is 11.1 Å². The van der Waals surface area contributed by atoms with Crippen LogP contribution >= 0.6 is 0 Å². The number of aliphatic imine (C=N–C) groups is 1. The summed E-state index contributed by atoms with van der Waals surface area (Å²) in [6.07, 6.45) is 6.55. The number of hydrogen-bond acceptors (Lipinski definition) is 3. The molecule has 0 spiro atoms. The molecule has 2 aromatic carbocycles. The first-order valence-electron chi connectivity index (χ1n) is 7.48. The van der Waals surface area contributed by atoms with E-state index in [1.807, 2.05) is 60.7 Å². The van der Waals surface area contributed by atoms with Gasteiger partial charge in [0.05, 0.1) is 6.20 Å². The predicted molar refractivity (Wildman–Crippen MR) is 97.9 cm³/mol. The number of benzene rings is 2. The van der Waals surface area contributed by atoms with Gasteiger partial charge in [0.25, 0.3) is 0 Å². The van der Waals surface area contributed by atoms with E-state index in [-0.39, 0.29) is 5.96 Å². The molecule has 1 aromatic heterocycles. The fourth-order valence-corrected chi connectivity index (χ4v) is 2.25. The van der Waals surface area contributed by atoms with Gasteiger partial charge in [0.15, 0.2) is 0 Å². The Bertz CT molecular complexity index is 876. The van der Waals surface area contributed by atoms with Crippen LogP contribution in [0.15, 0.2) is 84.2 Å². The van der Waals surface area contributed by atoms with Gasteiger partial charge in [-0.2, -0.15) is 5.10 Å². The normalized spacial score (nSPS) is 11.8. The molecule has 5 heteroatoms. The molecule has 0 unspecified atom stereocenters. The summed E-state index contributed by atoms with van der Waals surface area (Å²) >= 11 is 0. The van der Waals surface area contributed by atoms with Crippen molar-refractivity contribution in [2.24, 2.45) is 10.7 Å². The summed E-state index contributed by atoms with van der Waals surface area (Å²) in [4.78, 5) is 4.16. The van der Waals surface area contributed by atoms with Crippen molar-refractivity contribution in [3.05, 3.63) is 84.8 Å². The van der Waals surface area contributed by atoms with Crippen molar-refractivity contribution in [2.45, 2.75) is 0 Å². The first kappa shape index (κ1) is 15.4. The third kappa shape index (κ3) is 3.47. The third-order valence-corrected chi connectivity index (χ3v) is 3.52. The van der Waals surface area contributed by atoms with Crippen LogP contribution in [0.5, 0.6) is 0 Å². The molecule has 3 N–H and O–H groups in total. The van der Waals surface area contributed by atoms with Crippen molar-refractivity contribution >= 4 is 17.7 Å². The molecule has 0 bridgehead atoms. The molecule has 3 aromatic rings. The van der Waals surface area contributed by atoms with Crippen molar-refractivity contribution < 1.29 is 0 Å². The highest BCUT2D eigenvalue weighted by Crippen LogP contribution is 2.17. The van der Waals surface area contributed by atoms with Crippen molar-refractivity contribution in [3.8, 4) is 11.1 Å². The fourth-order valence-electron chi connectivity index (χ4n) is 2.25. The van der Waals surface area contributed by atoms with Gasteiger partial charge in [-0.15, -0.1) is 0 Å². The molecule has 0 saturated carbocycles. The minimum atomic E-state index is 0.0208. The van der Waals surface area contributed by atoms with E-state index >= 15 is 0 Å². The third-order valence-electron chi connectivity index (χ3n) is 3.52. The number of nitrogens with one attached hydrogen (secondary N) is 1. The molecule has 24 heavy (non-hydrogen) atoms. The zero-order valence-electron chi connectivity index (χ0n) is 13.0. The van der Waals surface area contributed by atoms with Crippen LogP contribution in [0.4, 0.5) is 0 Å². The van der Waals surface area contributed by atoms with Crippen LogP contribution in [0.1, 0.15) is 5.56 Å². The minimum absolute atomic E-state index is 0.0208. The lowest BCUT2D eigenvalue weighted by molar-refractivity contribution is 0.913. The Morgan fingerprint density at radius 2 is 1.67 bits per heavy atom. The summed E-state index contributed by atoms with van der Waals surface area (Å²) in [5, 5.41) is 12.3. The van der Waals surface area contributed by atoms with Crippen molar-refractivity contribution in [3.63, 3.8) is 0 Å². The summed E-state index contributed by atoms with van der Waals surface area (Å²) in [6.45, 7) is 0. The second kappa shape index (κ2) is 7.19. The lowest BCUT2D eigenvalue weighted by Gasteiger charge is -2.01. The SMILES string of the molecule is N=C(N=CC(=CN)c1ccccc1)n1cc(-c2ccccc2)cn1. The molecule has 0 atom stereocenters. The van der Waals surface area contributed by atoms with Gasteiger partial charge in [-0.1, -0.05) is 60.7 Å².